The molecule has 16 heavy (non-hydrogen) atoms. The number of aryl methyl sites for hydroxylation is 1. The first kappa shape index (κ1) is 11.9. The molecule has 1 aromatic rings. The lowest BCUT2D eigenvalue weighted by Crippen LogP contribution is -1.93. The molecule has 0 radical (unpaired) electrons. The van der Waals surface area contributed by atoms with E-state index in [9.17, 15) is 0 Å². The Hall–Kier alpha value is -0.560. The molecule has 0 bridgehead atoms. The van der Waals surface area contributed by atoms with Gasteiger partial charge in [0.05, 0.1) is 0 Å². The number of hydrogen-bond donors (Lipinski definition) is 0. The lowest BCUT2D eigenvalue weighted by atomic mass is 9.94. The van der Waals surface area contributed by atoms with E-state index in [4.69, 9.17) is 0 Å². The monoisotopic (exact) mass is 278 g/mol. The summed E-state index contributed by atoms with van der Waals surface area (Å²) in [5, 5.41) is 0. The molecule has 0 spiro atoms. The molecule has 0 fully saturated rings. The van der Waals surface area contributed by atoms with Gasteiger partial charge in [-0.2, -0.15) is 0 Å². The number of halogens is 1. The SMILES string of the molecule is Cc1ccc(C2=C(Br)CCCCCC2)cc1. The quantitative estimate of drug-likeness (QED) is 0.640. The highest BCUT2D eigenvalue weighted by molar-refractivity contribution is 9.11. The van der Waals surface area contributed by atoms with Crippen LogP contribution in [0.15, 0.2) is 28.7 Å². The second-order valence-electron chi connectivity index (χ2n) is 4.66. The molecule has 0 heterocycles. The third-order valence-electron chi connectivity index (χ3n) is 3.30. The van der Waals surface area contributed by atoms with E-state index in [2.05, 4.69) is 47.1 Å². The molecule has 1 heteroatoms. The van der Waals surface area contributed by atoms with Crippen molar-refractivity contribution in [1.82, 2.24) is 0 Å². The van der Waals surface area contributed by atoms with Crippen molar-refractivity contribution in [2.75, 3.05) is 0 Å². The first-order valence-electron chi connectivity index (χ1n) is 6.22. The highest BCUT2D eigenvalue weighted by atomic mass is 79.9. The molecule has 0 saturated heterocycles. The summed E-state index contributed by atoms with van der Waals surface area (Å²) in [6.45, 7) is 2.14. The number of allylic oxidation sites excluding steroid dienone is 2. The predicted molar refractivity (Wildman–Crippen MR) is 74.7 cm³/mol. The maximum absolute atomic E-state index is 3.77. The molecule has 0 saturated carbocycles. The molecule has 1 aliphatic rings. The second-order valence-corrected chi connectivity index (χ2v) is 5.62. The molecular formula is C15H19Br. The zero-order chi connectivity index (χ0) is 11.4. The van der Waals surface area contributed by atoms with Crippen molar-refractivity contribution >= 4 is 21.5 Å². The minimum atomic E-state index is 1.21. The van der Waals surface area contributed by atoms with Crippen LogP contribution in [0.25, 0.3) is 5.57 Å². The highest BCUT2D eigenvalue weighted by Crippen LogP contribution is 2.33. The van der Waals surface area contributed by atoms with E-state index in [1.54, 1.807) is 0 Å². The third kappa shape index (κ3) is 2.98. The molecular weight excluding hydrogens is 260 g/mol. The van der Waals surface area contributed by atoms with Gasteiger partial charge >= 0.3 is 0 Å². The summed E-state index contributed by atoms with van der Waals surface area (Å²) in [6.07, 6.45) is 7.87. The topological polar surface area (TPSA) is 0 Å². The van der Waals surface area contributed by atoms with Gasteiger partial charge < -0.3 is 0 Å². The van der Waals surface area contributed by atoms with Crippen molar-refractivity contribution in [2.45, 2.75) is 45.4 Å². The van der Waals surface area contributed by atoms with Crippen molar-refractivity contribution in [3.05, 3.63) is 39.9 Å². The van der Waals surface area contributed by atoms with Gasteiger partial charge in [0.2, 0.25) is 0 Å². The van der Waals surface area contributed by atoms with Crippen LogP contribution in [0.5, 0.6) is 0 Å². The predicted octanol–water partition coefficient (Wildman–Crippen LogP) is 5.46. The van der Waals surface area contributed by atoms with Crippen LogP contribution in [0, 0.1) is 6.92 Å². The second kappa shape index (κ2) is 5.67. The standard InChI is InChI=1S/C15H19Br/c1-12-8-10-13(11-9-12)14-6-4-2-3-5-7-15(14)16/h8-11H,2-7H2,1H3. The Labute approximate surface area is 107 Å². The number of benzene rings is 1. The maximum Gasteiger partial charge on any atom is -0.00114 e. The van der Waals surface area contributed by atoms with Crippen molar-refractivity contribution in [3.8, 4) is 0 Å². The van der Waals surface area contributed by atoms with Gasteiger partial charge in [0.25, 0.3) is 0 Å². The zero-order valence-corrected chi connectivity index (χ0v) is 11.5. The van der Waals surface area contributed by atoms with Gasteiger partial charge in [-0.15, -0.1) is 0 Å². The normalized spacial score (nSPS) is 18.1. The molecule has 2 rings (SSSR count). The fourth-order valence-corrected chi connectivity index (χ4v) is 2.99. The lowest BCUT2D eigenvalue weighted by molar-refractivity contribution is 0.641. The van der Waals surface area contributed by atoms with Crippen molar-refractivity contribution in [2.24, 2.45) is 0 Å². The zero-order valence-electron chi connectivity index (χ0n) is 9.93. The van der Waals surface area contributed by atoms with E-state index >= 15 is 0 Å². The summed E-state index contributed by atoms with van der Waals surface area (Å²) in [6, 6.07) is 8.93. The van der Waals surface area contributed by atoms with Gasteiger partial charge in [0.15, 0.2) is 0 Å². The van der Waals surface area contributed by atoms with Gasteiger partial charge in [0.1, 0.15) is 0 Å². The molecule has 0 amide bonds. The van der Waals surface area contributed by atoms with E-state index in [0.29, 0.717) is 0 Å². The smallest absolute Gasteiger partial charge is 0.00114 e. The minimum absolute atomic E-state index is 1.21. The number of rotatable bonds is 1. The largest absolute Gasteiger partial charge is 0.0587 e. The molecule has 0 aromatic heterocycles. The van der Waals surface area contributed by atoms with E-state index in [1.165, 1.54) is 59.7 Å². The Bertz CT molecular complexity index is 373. The summed E-state index contributed by atoms with van der Waals surface area (Å²) < 4.78 is 1.43. The molecule has 0 atom stereocenters. The van der Waals surface area contributed by atoms with Crippen LogP contribution in [0.1, 0.15) is 49.7 Å². The van der Waals surface area contributed by atoms with Gasteiger partial charge in [-0.05, 0) is 48.2 Å². The van der Waals surface area contributed by atoms with Crippen LogP contribution in [0.4, 0.5) is 0 Å². The van der Waals surface area contributed by atoms with Crippen LogP contribution < -0.4 is 0 Å². The van der Waals surface area contributed by atoms with E-state index in [0.717, 1.165) is 0 Å². The molecule has 0 N–H and O–H groups in total. The van der Waals surface area contributed by atoms with Crippen molar-refractivity contribution in [1.29, 1.82) is 0 Å². The average Bonchev–Trinajstić information content (AvgIpc) is 2.26. The fraction of sp³-hybridized carbons (Fsp3) is 0.467. The molecule has 0 nitrogen and oxygen atoms in total. The third-order valence-corrected chi connectivity index (χ3v) is 4.18. The Morgan fingerprint density at radius 3 is 2.19 bits per heavy atom. The molecule has 86 valence electrons. The highest BCUT2D eigenvalue weighted by Gasteiger charge is 2.09. The first-order chi connectivity index (χ1) is 7.77. The van der Waals surface area contributed by atoms with Gasteiger partial charge in [-0.1, -0.05) is 58.6 Å². The molecule has 1 aliphatic carbocycles. The van der Waals surface area contributed by atoms with Crippen molar-refractivity contribution in [3.63, 3.8) is 0 Å². The molecule has 1 aromatic carbocycles. The Morgan fingerprint density at radius 2 is 1.50 bits per heavy atom. The van der Waals surface area contributed by atoms with Crippen LogP contribution in [-0.4, -0.2) is 0 Å². The van der Waals surface area contributed by atoms with Crippen LogP contribution in [0.2, 0.25) is 0 Å². The Balaban J connectivity index is 2.28. The fourth-order valence-electron chi connectivity index (χ4n) is 2.28. The summed E-state index contributed by atoms with van der Waals surface area (Å²) in [5.41, 5.74) is 4.27. The molecule has 0 aliphatic heterocycles. The summed E-state index contributed by atoms with van der Waals surface area (Å²) in [5.74, 6) is 0. The van der Waals surface area contributed by atoms with Crippen LogP contribution >= 0.6 is 15.9 Å². The van der Waals surface area contributed by atoms with Crippen LogP contribution in [-0.2, 0) is 0 Å². The van der Waals surface area contributed by atoms with Crippen molar-refractivity contribution < 1.29 is 0 Å². The Morgan fingerprint density at radius 1 is 0.875 bits per heavy atom. The summed E-state index contributed by atoms with van der Waals surface area (Å²) in [4.78, 5) is 0. The first-order valence-corrected chi connectivity index (χ1v) is 7.01. The Kier molecular flexibility index (Phi) is 4.22. The van der Waals surface area contributed by atoms with E-state index < -0.39 is 0 Å². The van der Waals surface area contributed by atoms with Gasteiger partial charge in [0, 0.05) is 0 Å². The van der Waals surface area contributed by atoms with Gasteiger partial charge in [-0.3, -0.25) is 0 Å². The summed E-state index contributed by atoms with van der Waals surface area (Å²) in [7, 11) is 0. The van der Waals surface area contributed by atoms with Crippen LogP contribution in [0.3, 0.4) is 0 Å². The van der Waals surface area contributed by atoms with E-state index in [1.807, 2.05) is 0 Å². The number of hydrogen-bond acceptors (Lipinski definition) is 0. The van der Waals surface area contributed by atoms with E-state index in [-0.39, 0.29) is 0 Å². The maximum atomic E-state index is 3.77. The minimum Gasteiger partial charge on any atom is -0.0587 e. The molecule has 0 unspecified atom stereocenters. The summed E-state index contributed by atoms with van der Waals surface area (Å²) >= 11 is 3.77. The van der Waals surface area contributed by atoms with Gasteiger partial charge in [-0.25, -0.2) is 0 Å². The lowest BCUT2D eigenvalue weighted by Gasteiger charge is -2.15. The average molecular weight is 279 g/mol.